The molecule has 0 aliphatic carbocycles. The molecule has 0 radical (unpaired) electrons. The molecule has 1 aromatic rings. The van der Waals surface area contributed by atoms with Crippen LogP contribution < -0.4 is 0 Å². The average Bonchev–Trinajstić information content (AvgIpc) is 2.35. The van der Waals surface area contributed by atoms with Crippen molar-refractivity contribution in [1.82, 2.24) is 0 Å². The molecule has 0 amide bonds. The summed E-state index contributed by atoms with van der Waals surface area (Å²) in [6.07, 6.45) is 4.53. The maximum absolute atomic E-state index is 12.3. The van der Waals surface area contributed by atoms with Gasteiger partial charge in [-0.3, -0.25) is 4.21 Å². The lowest BCUT2D eigenvalue weighted by atomic mass is 9.78. The number of aryl methyl sites for hydroxylation is 1. The summed E-state index contributed by atoms with van der Waals surface area (Å²) >= 11 is 0. The molecule has 104 valence electrons. The highest BCUT2D eigenvalue weighted by Gasteiger charge is 2.46. The van der Waals surface area contributed by atoms with Crippen molar-refractivity contribution in [2.75, 3.05) is 0 Å². The van der Waals surface area contributed by atoms with Gasteiger partial charge in [-0.1, -0.05) is 24.6 Å². The standard InChI is InChI=1S/C16H22O2S/c1-11-5-3-8-15(12(11)2)16(17)9-13-6-4-7-14(10-16)19(13)18/h3,5,8,13-14,17H,4,6-7,9-10H2,1-2H3. The van der Waals surface area contributed by atoms with Crippen LogP contribution in [0.4, 0.5) is 0 Å². The van der Waals surface area contributed by atoms with Crippen molar-refractivity contribution in [2.45, 2.75) is 62.1 Å². The lowest BCUT2D eigenvalue weighted by molar-refractivity contribution is 0.00593. The SMILES string of the molecule is Cc1cccc(C2(O)CC3CCCC(C2)S3=O)c1C. The Morgan fingerprint density at radius 2 is 1.84 bits per heavy atom. The van der Waals surface area contributed by atoms with E-state index in [0.717, 1.165) is 18.4 Å². The zero-order valence-electron chi connectivity index (χ0n) is 11.7. The van der Waals surface area contributed by atoms with E-state index in [1.807, 2.05) is 12.1 Å². The first-order valence-corrected chi connectivity index (χ1v) is 8.47. The van der Waals surface area contributed by atoms with Gasteiger partial charge in [-0.2, -0.15) is 0 Å². The molecule has 0 spiro atoms. The van der Waals surface area contributed by atoms with E-state index in [1.165, 1.54) is 17.5 Å². The number of aliphatic hydroxyl groups is 1. The van der Waals surface area contributed by atoms with E-state index in [-0.39, 0.29) is 10.5 Å². The molecule has 2 atom stereocenters. The Kier molecular flexibility index (Phi) is 3.30. The minimum Gasteiger partial charge on any atom is -0.385 e. The molecule has 2 nitrogen and oxygen atoms in total. The van der Waals surface area contributed by atoms with E-state index >= 15 is 0 Å². The molecular weight excluding hydrogens is 256 g/mol. The van der Waals surface area contributed by atoms with Gasteiger partial charge in [-0.05, 0) is 56.2 Å². The van der Waals surface area contributed by atoms with Gasteiger partial charge in [0.25, 0.3) is 0 Å². The quantitative estimate of drug-likeness (QED) is 0.857. The Balaban J connectivity index is 2.00. The Morgan fingerprint density at radius 1 is 1.21 bits per heavy atom. The minimum absolute atomic E-state index is 0.192. The lowest BCUT2D eigenvalue weighted by Crippen LogP contribution is -2.47. The van der Waals surface area contributed by atoms with E-state index in [1.54, 1.807) is 0 Å². The largest absolute Gasteiger partial charge is 0.385 e. The molecule has 2 bridgehead atoms. The summed E-state index contributed by atoms with van der Waals surface area (Å²) in [6, 6.07) is 6.16. The van der Waals surface area contributed by atoms with Crippen LogP contribution in [0.3, 0.4) is 0 Å². The number of rotatable bonds is 1. The Bertz CT molecular complexity index is 507. The van der Waals surface area contributed by atoms with Gasteiger partial charge in [0.15, 0.2) is 0 Å². The van der Waals surface area contributed by atoms with Crippen molar-refractivity contribution in [1.29, 1.82) is 0 Å². The molecule has 3 heteroatoms. The highest BCUT2D eigenvalue weighted by molar-refractivity contribution is 7.86. The maximum atomic E-state index is 12.3. The van der Waals surface area contributed by atoms with Crippen LogP contribution in [0.2, 0.25) is 0 Å². The number of fused-ring (bicyclic) bond motifs is 2. The van der Waals surface area contributed by atoms with E-state index in [0.29, 0.717) is 12.8 Å². The van der Waals surface area contributed by atoms with Crippen molar-refractivity contribution in [3.05, 3.63) is 34.9 Å². The fourth-order valence-corrected chi connectivity index (χ4v) is 5.98. The topological polar surface area (TPSA) is 37.3 Å². The van der Waals surface area contributed by atoms with Crippen molar-refractivity contribution < 1.29 is 9.32 Å². The summed E-state index contributed by atoms with van der Waals surface area (Å²) in [6.45, 7) is 4.17. The molecule has 2 fully saturated rings. The zero-order chi connectivity index (χ0) is 13.6. The second-order valence-corrected chi connectivity index (χ2v) is 8.18. The molecule has 2 saturated heterocycles. The van der Waals surface area contributed by atoms with Gasteiger partial charge in [-0.15, -0.1) is 0 Å². The lowest BCUT2D eigenvalue weighted by Gasteiger charge is -2.44. The normalized spacial score (nSPS) is 38.2. The first-order valence-electron chi connectivity index (χ1n) is 7.20. The first kappa shape index (κ1) is 13.3. The van der Waals surface area contributed by atoms with Crippen molar-refractivity contribution in [2.24, 2.45) is 0 Å². The number of hydrogen-bond acceptors (Lipinski definition) is 2. The molecule has 0 saturated carbocycles. The molecule has 1 N–H and O–H groups in total. The zero-order valence-corrected chi connectivity index (χ0v) is 12.5. The second kappa shape index (κ2) is 4.71. The van der Waals surface area contributed by atoms with Crippen LogP contribution in [0.1, 0.15) is 48.8 Å². The molecule has 3 rings (SSSR count). The molecule has 2 aliphatic rings. The first-order chi connectivity index (χ1) is 9.01. The summed E-state index contributed by atoms with van der Waals surface area (Å²) in [5.41, 5.74) is 2.71. The van der Waals surface area contributed by atoms with Crippen molar-refractivity contribution in [3.8, 4) is 0 Å². The van der Waals surface area contributed by atoms with Gasteiger partial charge >= 0.3 is 0 Å². The molecular formula is C16H22O2S. The molecule has 1 aromatic carbocycles. The fourth-order valence-electron chi connectivity index (χ4n) is 3.76. The van der Waals surface area contributed by atoms with Gasteiger partial charge in [0.05, 0.1) is 5.60 Å². The van der Waals surface area contributed by atoms with E-state index < -0.39 is 16.4 Å². The van der Waals surface area contributed by atoms with Crippen LogP contribution in [0, 0.1) is 13.8 Å². The number of benzene rings is 1. The minimum atomic E-state index is -0.764. The predicted molar refractivity (Wildman–Crippen MR) is 78.6 cm³/mol. The third kappa shape index (κ3) is 2.17. The Morgan fingerprint density at radius 3 is 2.47 bits per heavy atom. The Labute approximate surface area is 117 Å². The van der Waals surface area contributed by atoms with Gasteiger partial charge < -0.3 is 5.11 Å². The van der Waals surface area contributed by atoms with Crippen LogP contribution in [0.5, 0.6) is 0 Å². The molecule has 2 heterocycles. The highest BCUT2D eigenvalue weighted by atomic mass is 32.2. The summed E-state index contributed by atoms with van der Waals surface area (Å²) in [7, 11) is -0.728. The average molecular weight is 278 g/mol. The van der Waals surface area contributed by atoms with E-state index in [4.69, 9.17) is 0 Å². The molecule has 2 unspecified atom stereocenters. The molecule has 19 heavy (non-hydrogen) atoms. The number of hydrogen-bond donors (Lipinski definition) is 1. The van der Waals surface area contributed by atoms with Gasteiger partial charge in [0.1, 0.15) is 0 Å². The van der Waals surface area contributed by atoms with Crippen LogP contribution in [0.15, 0.2) is 18.2 Å². The van der Waals surface area contributed by atoms with Crippen molar-refractivity contribution in [3.63, 3.8) is 0 Å². The van der Waals surface area contributed by atoms with Crippen LogP contribution in [-0.2, 0) is 16.4 Å². The predicted octanol–water partition coefficient (Wildman–Crippen LogP) is 2.95. The third-order valence-corrected chi connectivity index (χ3v) is 7.06. The van der Waals surface area contributed by atoms with Crippen molar-refractivity contribution >= 4 is 10.8 Å². The molecule has 0 aromatic heterocycles. The van der Waals surface area contributed by atoms with Crippen LogP contribution in [0.25, 0.3) is 0 Å². The molecule has 2 aliphatic heterocycles. The summed E-state index contributed by atoms with van der Waals surface area (Å²) in [4.78, 5) is 0. The third-order valence-electron chi connectivity index (χ3n) is 4.95. The summed E-state index contributed by atoms with van der Waals surface area (Å²) < 4.78 is 12.3. The summed E-state index contributed by atoms with van der Waals surface area (Å²) in [5.74, 6) is 0. The Hall–Kier alpha value is -0.670. The van der Waals surface area contributed by atoms with Gasteiger partial charge in [0.2, 0.25) is 0 Å². The van der Waals surface area contributed by atoms with Gasteiger partial charge in [0, 0.05) is 21.3 Å². The fraction of sp³-hybridized carbons (Fsp3) is 0.625. The highest BCUT2D eigenvalue weighted by Crippen LogP contribution is 2.45. The summed E-state index contributed by atoms with van der Waals surface area (Å²) in [5, 5.41) is 11.5. The smallest absolute Gasteiger partial charge is 0.0922 e. The van der Waals surface area contributed by atoms with Gasteiger partial charge in [-0.25, -0.2) is 0 Å². The van der Waals surface area contributed by atoms with Crippen LogP contribution >= 0.6 is 0 Å². The van der Waals surface area contributed by atoms with E-state index in [9.17, 15) is 9.32 Å². The van der Waals surface area contributed by atoms with E-state index in [2.05, 4.69) is 19.9 Å². The maximum Gasteiger partial charge on any atom is 0.0922 e. The monoisotopic (exact) mass is 278 g/mol. The van der Waals surface area contributed by atoms with Crippen LogP contribution in [-0.4, -0.2) is 19.8 Å². The second-order valence-electron chi connectivity index (χ2n) is 6.19.